The van der Waals surface area contributed by atoms with Gasteiger partial charge in [-0.25, -0.2) is 0 Å². The van der Waals surface area contributed by atoms with E-state index in [9.17, 15) is 9.59 Å². The lowest BCUT2D eigenvalue weighted by Crippen LogP contribution is -2.45. The van der Waals surface area contributed by atoms with Crippen LogP contribution in [0.5, 0.6) is 0 Å². The Hall–Kier alpha value is -1.92. The number of amides is 2. The molecule has 1 aromatic rings. The minimum absolute atomic E-state index is 0.0880. The first kappa shape index (κ1) is 16.9. The van der Waals surface area contributed by atoms with Crippen molar-refractivity contribution in [1.29, 1.82) is 0 Å². The second-order valence-corrected chi connectivity index (χ2v) is 8.47. The van der Waals surface area contributed by atoms with Crippen LogP contribution in [0.15, 0.2) is 4.52 Å². The van der Waals surface area contributed by atoms with Crippen LogP contribution in [0, 0.1) is 5.92 Å². The number of nitrogens with one attached hydrogen (secondary N) is 1. The molecule has 1 N–H and O–H groups in total. The monoisotopic (exact) mass is 334 g/mol. The minimum atomic E-state index is -0.750. The standard InChI is InChI=1S/C17H26N4O3/c1-16(2,3)15-18-14(20-24-15)17(4,5)19-13(23)10-8-12(22)21(9-10)11-6-7-11/h10-11H,6-9H2,1-5H3,(H,19,23)/t10-/m1/s1. The summed E-state index contributed by atoms with van der Waals surface area (Å²) >= 11 is 0. The Kier molecular flexibility index (Phi) is 3.92. The topological polar surface area (TPSA) is 88.3 Å². The Morgan fingerprint density at radius 3 is 2.46 bits per heavy atom. The van der Waals surface area contributed by atoms with Crippen LogP contribution in [-0.2, 0) is 20.5 Å². The van der Waals surface area contributed by atoms with E-state index in [0.717, 1.165) is 12.8 Å². The van der Waals surface area contributed by atoms with Gasteiger partial charge in [0, 0.05) is 24.4 Å². The van der Waals surface area contributed by atoms with Crippen LogP contribution in [0.1, 0.15) is 65.6 Å². The fraction of sp³-hybridized carbons (Fsp3) is 0.765. The molecule has 7 nitrogen and oxygen atoms in total. The highest BCUT2D eigenvalue weighted by molar-refractivity contribution is 5.89. The van der Waals surface area contributed by atoms with Crippen LogP contribution in [0.2, 0.25) is 0 Å². The number of nitrogens with zero attached hydrogens (tertiary/aromatic N) is 3. The van der Waals surface area contributed by atoms with E-state index in [1.807, 2.05) is 39.5 Å². The maximum absolute atomic E-state index is 12.6. The molecule has 24 heavy (non-hydrogen) atoms. The number of carbonyl (C=O) groups excluding carboxylic acids is 2. The lowest BCUT2D eigenvalue weighted by molar-refractivity contribution is -0.129. The average Bonchev–Trinajstić information content (AvgIpc) is 3.00. The van der Waals surface area contributed by atoms with Gasteiger partial charge in [0.15, 0.2) is 5.82 Å². The summed E-state index contributed by atoms with van der Waals surface area (Å²) in [5.41, 5.74) is -0.992. The molecule has 0 spiro atoms. The summed E-state index contributed by atoms with van der Waals surface area (Å²) in [6.07, 6.45) is 2.41. The molecule has 0 radical (unpaired) electrons. The van der Waals surface area contributed by atoms with Crippen LogP contribution in [0.25, 0.3) is 0 Å². The highest BCUT2D eigenvalue weighted by Crippen LogP contribution is 2.33. The summed E-state index contributed by atoms with van der Waals surface area (Å²) in [7, 11) is 0. The molecule has 1 aromatic heterocycles. The zero-order chi connectivity index (χ0) is 17.7. The lowest BCUT2D eigenvalue weighted by atomic mass is 9.96. The second-order valence-electron chi connectivity index (χ2n) is 8.47. The van der Waals surface area contributed by atoms with Gasteiger partial charge in [0.05, 0.1) is 11.5 Å². The first-order chi connectivity index (χ1) is 11.1. The van der Waals surface area contributed by atoms with Crippen LogP contribution < -0.4 is 5.32 Å². The normalized spacial score (nSPS) is 22.1. The third-order valence-corrected chi connectivity index (χ3v) is 4.58. The molecule has 3 rings (SSSR count). The van der Waals surface area contributed by atoms with E-state index in [0.29, 0.717) is 24.3 Å². The SMILES string of the molecule is CC(C)(C)c1nc(C(C)(C)NC(=O)[C@@H]2CC(=O)N(C3CC3)C2)no1. The molecule has 2 amide bonds. The minimum Gasteiger partial charge on any atom is -0.343 e. The molecule has 0 unspecified atom stereocenters. The molecule has 1 saturated carbocycles. The van der Waals surface area contributed by atoms with Gasteiger partial charge in [-0.15, -0.1) is 0 Å². The van der Waals surface area contributed by atoms with Crippen molar-refractivity contribution in [3.8, 4) is 0 Å². The number of aromatic nitrogens is 2. The van der Waals surface area contributed by atoms with Crippen LogP contribution in [0.4, 0.5) is 0 Å². The molecule has 2 fully saturated rings. The van der Waals surface area contributed by atoms with Crippen molar-refractivity contribution in [2.24, 2.45) is 5.92 Å². The van der Waals surface area contributed by atoms with Gasteiger partial charge >= 0.3 is 0 Å². The molecule has 1 atom stereocenters. The molecule has 0 aromatic carbocycles. The van der Waals surface area contributed by atoms with E-state index in [4.69, 9.17) is 4.52 Å². The van der Waals surface area contributed by atoms with Crippen molar-refractivity contribution >= 4 is 11.8 Å². The zero-order valence-corrected chi connectivity index (χ0v) is 15.0. The van der Waals surface area contributed by atoms with Crippen molar-refractivity contribution in [3.63, 3.8) is 0 Å². The summed E-state index contributed by atoms with van der Waals surface area (Å²) in [4.78, 5) is 30.9. The molecule has 2 aliphatic rings. The Morgan fingerprint density at radius 1 is 1.25 bits per heavy atom. The number of rotatable bonds is 4. The van der Waals surface area contributed by atoms with Gasteiger partial charge in [-0.05, 0) is 26.7 Å². The third kappa shape index (κ3) is 3.30. The Morgan fingerprint density at radius 2 is 1.92 bits per heavy atom. The largest absolute Gasteiger partial charge is 0.343 e. The van der Waals surface area contributed by atoms with Crippen molar-refractivity contribution in [2.45, 2.75) is 70.9 Å². The molecular weight excluding hydrogens is 308 g/mol. The predicted octanol–water partition coefficient (Wildman–Crippen LogP) is 1.73. The zero-order valence-electron chi connectivity index (χ0n) is 15.0. The highest BCUT2D eigenvalue weighted by atomic mass is 16.5. The maximum atomic E-state index is 12.6. The van der Waals surface area contributed by atoms with Gasteiger partial charge < -0.3 is 14.7 Å². The van der Waals surface area contributed by atoms with E-state index < -0.39 is 5.54 Å². The Balaban J connectivity index is 1.66. The van der Waals surface area contributed by atoms with Crippen LogP contribution in [-0.4, -0.2) is 39.4 Å². The molecule has 1 aliphatic heterocycles. The van der Waals surface area contributed by atoms with Crippen LogP contribution in [0.3, 0.4) is 0 Å². The fourth-order valence-corrected chi connectivity index (χ4v) is 2.89. The summed E-state index contributed by atoms with van der Waals surface area (Å²) in [5.74, 6) is 0.648. The predicted molar refractivity (Wildman–Crippen MR) is 87.0 cm³/mol. The van der Waals surface area contributed by atoms with Crippen molar-refractivity contribution in [3.05, 3.63) is 11.7 Å². The first-order valence-corrected chi connectivity index (χ1v) is 8.54. The Labute approximate surface area is 142 Å². The summed E-state index contributed by atoms with van der Waals surface area (Å²) in [6, 6.07) is 0.356. The van der Waals surface area contributed by atoms with E-state index in [-0.39, 0.29) is 29.6 Å². The number of likely N-dealkylation sites (tertiary alicyclic amines) is 1. The summed E-state index contributed by atoms with van der Waals surface area (Å²) < 4.78 is 5.32. The first-order valence-electron chi connectivity index (χ1n) is 8.54. The molecule has 132 valence electrons. The highest BCUT2D eigenvalue weighted by Gasteiger charge is 2.43. The molecule has 1 aliphatic carbocycles. The lowest BCUT2D eigenvalue weighted by Gasteiger charge is -2.24. The van der Waals surface area contributed by atoms with Crippen LogP contribution >= 0.6 is 0 Å². The van der Waals surface area contributed by atoms with E-state index in [2.05, 4.69) is 15.5 Å². The van der Waals surface area contributed by atoms with E-state index in [1.54, 1.807) is 0 Å². The van der Waals surface area contributed by atoms with Crippen molar-refractivity contribution in [1.82, 2.24) is 20.4 Å². The molecule has 2 heterocycles. The number of carbonyl (C=O) groups is 2. The number of hydrogen-bond acceptors (Lipinski definition) is 5. The smallest absolute Gasteiger partial charge is 0.232 e. The summed E-state index contributed by atoms with van der Waals surface area (Å²) in [5, 5.41) is 7.00. The maximum Gasteiger partial charge on any atom is 0.232 e. The van der Waals surface area contributed by atoms with Gasteiger partial charge in [0.2, 0.25) is 17.7 Å². The van der Waals surface area contributed by atoms with Gasteiger partial charge in [-0.1, -0.05) is 25.9 Å². The summed E-state index contributed by atoms with van der Waals surface area (Å²) in [6.45, 7) is 10.2. The van der Waals surface area contributed by atoms with Crippen molar-refractivity contribution in [2.75, 3.05) is 6.54 Å². The van der Waals surface area contributed by atoms with Gasteiger partial charge in [0.1, 0.15) is 0 Å². The molecule has 1 saturated heterocycles. The van der Waals surface area contributed by atoms with Gasteiger partial charge in [0.25, 0.3) is 0 Å². The van der Waals surface area contributed by atoms with Crippen molar-refractivity contribution < 1.29 is 14.1 Å². The Bertz CT molecular complexity index is 655. The molecular formula is C17H26N4O3. The molecule has 0 bridgehead atoms. The number of hydrogen-bond donors (Lipinski definition) is 1. The third-order valence-electron chi connectivity index (χ3n) is 4.58. The van der Waals surface area contributed by atoms with E-state index in [1.165, 1.54) is 0 Å². The van der Waals surface area contributed by atoms with E-state index >= 15 is 0 Å². The van der Waals surface area contributed by atoms with Gasteiger partial charge in [-0.2, -0.15) is 4.98 Å². The van der Waals surface area contributed by atoms with Gasteiger partial charge in [-0.3, -0.25) is 9.59 Å². The second kappa shape index (κ2) is 5.57. The quantitative estimate of drug-likeness (QED) is 0.906. The molecule has 7 heteroatoms. The average molecular weight is 334 g/mol. The fourth-order valence-electron chi connectivity index (χ4n) is 2.89.